The van der Waals surface area contributed by atoms with E-state index in [1.165, 1.54) is 0 Å². The normalized spacial score (nSPS) is 22.3. The Morgan fingerprint density at radius 3 is 2.39 bits per heavy atom. The summed E-state index contributed by atoms with van der Waals surface area (Å²) in [4.78, 5) is 56.2. The van der Waals surface area contributed by atoms with Gasteiger partial charge < -0.3 is 24.1 Å². The highest BCUT2D eigenvalue weighted by molar-refractivity contribution is 7.66. The number of imidazole rings is 1. The first kappa shape index (κ1) is 29.0. The summed E-state index contributed by atoms with van der Waals surface area (Å²) in [6, 6.07) is 7.34. The van der Waals surface area contributed by atoms with E-state index in [2.05, 4.69) is 23.0 Å². The Hall–Kier alpha value is -1.53. The van der Waals surface area contributed by atoms with Crippen molar-refractivity contribution in [3.05, 3.63) is 41.7 Å². The van der Waals surface area contributed by atoms with Gasteiger partial charge in [0.25, 0.3) is 0 Å². The van der Waals surface area contributed by atoms with Crippen LogP contribution in [-0.2, 0) is 38.2 Å². The molecule has 4 atom stereocenters. The quantitative estimate of drug-likeness (QED) is 0.242. The molecule has 1 aliphatic heterocycles. The van der Waals surface area contributed by atoms with Crippen LogP contribution in [0.2, 0.25) is 0 Å². The number of benzene rings is 1. The van der Waals surface area contributed by atoms with Gasteiger partial charge in [0.1, 0.15) is 12.4 Å². The van der Waals surface area contributed by atoms with Crippen molar-refractivity contribution in [2.24, 2.45) is 0 Å². The molecule has 0 saturated carbocycles. The van der Waals surface area contributed by atoms with Crippen LogP contribution in [0.1, 0.15) is 32.5 Å². The number of hydrogen-bond donors (Lipinski definition) is 4. The zero-order valence-electron chi connectivity index (χ0n) is 19.7. The van der Waals surface area contributed by atoms with Crippen molar-refractivity contribution in [2.75, 3.05) is 19.7 Å². The lowest BCUT2D eigenvalue weighted by molar-refractivity contribution is -0.123. The number of carbonyl (C=O) groups is 1. The fraction of sp³-hybridized carbons (Fsp3) is 0.474. The molecule has 2 heterocycles. The maximum atomic E-state index is 13.2. The van der Waals surface area contributed by atoms with Crippen molar-refractivity contribution in [3.63, 3.8) is 0 Å². The van der Waals surface area contributed by atoms with Gasteiger partial charge in [0.2, 0.25) is 0 Å². The van der Waals surface area contributed by atoms with Crippen LogP contribution in [-0.4, -0.2) is 65.5 Å². The Morgan fingerprint density at radius 2 is 1.75 bits per heavy atom. The number of hydrogen-bond acceptors (Lipinski definition) is 9. The standard InChI is InChI=1S/C19H28N3O11P3/c1-13(2)8-9-21-11-15(19-20-16-6-4-5-7-17(16)22(19)10-14(21)3)18(23)12-31-35(27,28)33-36(29,30)32-34(24,25)26/h4-8,14-15H,9-12H2,1-3H3,(H,27,28)(H,29,30)(H2,24,25,26). The molecular formula is C19H28N3O11P3. The lowest BCUT2D eigenvalue weighted by atomic mass is 10.0. The summed E-state index contributed by atoms with van der Waals surface area (Å²) in [7, 11) is -16.7. The molecule has 36 heavy (non-hydrogen) atoms. The summed E-state index contributed by atoms with van der Waals surface area (Å²) in [6.07, 6.45) is 2.01. The Morgan fingerprint density at radius 1 is 1.08 bits per heavy atom. The third-order valence-corrected chi connectivity index (χ3v) is 9.17. The van der Waals surface area contributed by atoms with E-state index in [0.717, 1.165) is 11.1 Å². The van der Waals surface area contributed by atoms with Crippen molar-refractivity contribution in [1.29, 1.82) is 0 Å². The van der Waals surface area contributed by atoms with E-state index in [1.807, 2.05) is 49.6 Å². The Labute approximate surface area is 207 Å². The summed E-state index contributed by atoms with van der Waals surface area (Å²) >= 11 is 0. The van der Waals surface area contributed by atoms with E-state index in [0.29, 0.717) is 24.4 Å². The summed E-state index contributed by atoms with van der Waals surface area (Å²) in [5, 5.41) is 0. The number of phosphoric acid groups is 3. The number of allylic oxidation sites excluding steroid dienone is 1. The lowest BCUT2D eigenvalue weighted by Gasteiger charge is -2.27. The van der Waals surface area contributed by atoms with Crippen molar-refractivity contribution in [2.45, 2.75) is 39.3 Å². The monoisotopic (exact) mass is 567 g/mol. The third kappa shape index (κ3) is 7.74. The molecule has 3 rings (SSSR count). The van der Waals surface area contributed by atoms with Gasteiger partial charge in [-0.25, -0.2) is 18.7 Å². The number of para-hydroxylation sites is 2. The highest BCUT2D eigenvalue weighted by Crippen LogP contribution is 2.66. The number of ketones is 1. The molecule has 17 heteroatoms. The zero-order chi connectivity index (χ0) is 26.9. The first-order chi connectivity index (χ1) is 16.6. The molecule has 200 valence electrons. The number of fused-ring (bicyclic) bond motifs is 3. The fourth-order valence-electron chi connectivity index (χ4n) is 3.78. The summed E-state index contributed by atoms with van der Waals surface area (Å²) in [5.41, 5.74) is 2.57. The smallest absolute Gasteiger partial charge is 0.326 e. The first-order valence-electron chi connectivity index (χ1n) is 10.7. The molecule has 14 nitrogen and oxygen atoms in total. The van der Waals surface area contributed by atoms with Gasteiger partial charge in [-0.15, -0.1) is 0 Å². The number of carbonyl (C=O) groups excluding carboxylic acids is 1. The maximum Gasteiger partial charge on any atom is 0.490 e. The molecule has 1 aromatic heterocycles. The van der Waals surface area contributed by atoms with Gasteiger partial charge in [0.05, 0.1) is 17.0 Å². The molecule has 0 bridgehead atoms. The largest absolute Gasteiger partial charge is 0.490 e. The molecule has 0 radical (unpaired) electrons. The highest BCUT2D eigenvalue weighted by atomic mass is 31.3. The number of rotatable bonds is 10. The van der Waals surface area contributed by atoms with E-state index >= 15 is 0 Å². The van der Waals surface area contributed by atoms with E-state index in [1.54, 1.807) is 6.07 Å². The maximum absolute atomic E-state index is 13.2. The molecule has 0 spiro atoms. The Kier molecular flexibility index (Phi) is 8.92. The van der Waals surface area contributed by atoms with Gasteiger partial charge >= 0.3 is 23.5 Å². The van der Waals surface area contributed by atoms with Gasteiger partial charge in [-0.2, -0.15) is 8.62 Å². The summed E-state index contributed by atoms with van der Waals surface area (Å²) in [6.45, 7) is 6.20. The van der Waals surface area contributed by atoms with Crippen LogP contribution in [0.3, 0.4) is 0 Å². The van der Waals surface area contributed by atoms with E-state index < -0.39 is 41.8 Å². The van der Waals surface area contributed by atoms with Crippen LogP contribution in [0.4, 0.5) is 0 Å². The Bertz CT molecular complexity index is 1300. The van der Waals surface area contributed by atoms with Crippen molar-refractivity contribution >= 4 is 40.3 Å². The first-order valence-corrected chi connectivity index (χ1v) is 15.2. The second kappa shape index (κ2) is 11.1. The second-order valence-electron chi connectivity index (χ2n) is 8.54. The number of Topliss-reactive ketones (excluding diaryl/α,β-unsaturated/α-hetero) is 1. The topological polar surface area (TPSA) is 198 Å². The average molecular weight is 567 g/mol. The molecule has 0 fully saturated rings. The van der Waals surface area contributed by atoms with Crippen LogP contribution in [0.15, 0.2) is 35.9 Å². The van der Waals surface area contributed by atoms with Gasteiger partial charge in [0, 0.05) is 25.7 Å². The predicted molar refractivity (Wildman–Crippen MR) is 128 cm³/mol. The van der Waals surface area contributed by atoms with Crippen molar-refractivity contribution in [1.82, 2.24) is 14.5 Å². The summed E-state index contributed by atoms with van der Waals surface area (Å²) in [5.74, 6) is -1.12. The predicted octanol–water partition coefficient (Wildman–Crippen LogP) is 2.70. The van der Waals surface area contributed by atoms with Crippen molar-refractivity contribution in [3.8, 4) is 0 Å². The van der Waals surface area contributed by atoms with Crippen LogP contribution >= 0.6 is 23.5 Å². The van der Waals surface area contributed by atoms with E-state index in [4.69, 9.17) is 9.79 Å². The molecule has 0 amide bonds. The van der Waals surface area contributed by atoms with Crippen LogP contribution in [0, 0.1) is 0 Å². The van der Waals surface area contributed by atoms with Gasteiger partial charge in [-0.1, -0.05) is 23.8 Å². The molecule has 2 aromatic rings. The minimum Gasteiger partial charge on any atom is -0.326 e. The molecular weight excluding hydrogens is 539 g/mol. The molecule has 0 aliphatic carbocycles. The molecule has 4 N–H and O–H groups in total. The molecule has 1 aliphatic rings. The van der Waals surface area contributed by atoms with Crippen LogP contribution < -0.4 is 0 Å². The van der Waals surface area contributed by atoms with E-state index in [-0.39, 0.29) is 12.6 Å². The molecule has 4 unspecified atom stereocenters. The summed E-state index contributed by atoms with van der Waals surface area (Å²) < 4.78 is 48.3. The SMILES string of the molecule is CC(C)=CCN1CC(C(=O)COP(=O)(O)OP(=O)(O)OP(=O)(O)O)c2nc3ccccc3n2CC1C. The van der Waals surface area contributed by atoms with Gasteiger partial charge in [-0.05, 0) is 32.9 Å². The molecule has 1 aromatic carbocycles. The fourth-order valence-corrected chi connectivity index (χ4v) is 6.76. The zero-order valence-corrected chi connectivity index (χ0v) is 22.4. The third-order valence-electron chi connectivity index (χ3n) is 5.39. The second-order valence-corrected chi connectivity index (χ2v) is 13.0. The minimum atomic E-state index is -5.69. The number of aromatic nitrogens is 2. The van der Waals surface area contributed by atoms with Crippen LogP contribution in [0.25, 0.3) is 11.0 Å². The average Bonchev–Trinajstić information content (AvgIpc) is 3.00. The number of phosphoric ester groups is 1. The Balaban J connectivity index is 1.85. The van der Waals surface area contributed by atoms with Crippen molar-refractivity contribution < 1.29 is 51.2 Å². The minimum absolute atomic E-state index is 0.00743. The van der Waals surface area contributed by atoms with Gasteiger partial charge in [-0.3, -0.25) is 14.2 Å². The molecule has 0 saturated heterocycles. The van der Waals surface area contributed by atoms with E-state index in [9.17, 15) is 28.3 Å². The van der Waals surface area contributed by atoms with Gasteiger partial charge in [0.15, 0.2) is 5.78 Å². The van der Waals surface area contributed by atoms with Crippen LogP contribution in [0.5, 0.6) is 0 Å². The lowest BCUT2D eigenvalue weighted by Crippen LogP contribution is -2.38. The highest BCUT2D eigenvalue weighted by Gasteiger charge is 2.42. The number of nitrogens with zero attached hydrogens (tertiary/aromatic N) is 3.